The summed E-state index contributed by atoms with van der Waals surface area (Å²) >= 11 is 0. The van der Waals surface area contributed by atoms with Gasteiger partial charge in [0.05, 0.1) is 0 Å². The van der Waals surface area contributed by atoms with Gasteiger partial charge in [0.25, 0.3) is 0 Å². The van der Waals surface area contributed by atoms with E-state index < -0.39 is 0 Å². The lowest BCUT2D eigenvalue weighted by molar-refractivity contribution is 0.459. The smallest absolute Gasteiger partial charge is 0.191 e. The number of aliphatic imine (C=N–C) groups is 1. The molecule has 1 saturated heterocycles. The molecule has 8 heteroatoms. The summed E-state index contributed by atoms with van der Waals surface area (Å²) in [6.07, 6.45) is 6.05. The number of piperidine rings is 1. The van der Waals surface area contributed by atoms with Gasteiger partial charge >= 0.3 is 0 Å². The van der Waals surface area contributed by atoms with E-state index in [0.717, 1.165) is 62.3 Å². The quantitative estimate of drug-likeness (QED) is 0.329. The minimum absolute atomic E-state index is 0. The van der Waals surface area contributed by atoms with Crippen molar-refractivity contribution in [3.05, 3.63) is 42.1 Å². The predicted molar refractivity (Wildman–Crippen MR) is 135 cm³/mol. The van der Waals surface area contributed by atoms with Gasteiger partial charge in [0.2, 0.25) is 0 Å². The summed E-state index contributed by atoms with van der Waals surface area (Å²) in [7, 11) is 0. The number of nitrogens with zero attached hydrogens (tertiary/aromatic N) is 5. The Balaban J connectivity index is 0.00000320. The van der Waals surface area contributed by atoms with Crippen LogP contribution in [-0.2, 0) is 13.1 Å². The number of nitrogens with one attached hydrogen (secondary N) is 2. The first-order chi connectivity index (χ1) is 14.0. The minimum Gasteiger partial charge on any atom is -0.357 e. The Morgan fingerprint density at radius 1 is 1.27 bits per heavy atom. The largest absolute Gasteiger partial charge is 0.357 e. The molecule has 3 rings (SSSR count). The second kappa shape index (κ2) is 12.1. The maximum atomic E-state index is 4.79. The molecule has 30 heavy (non-hydrogen) atoms. The summed E-state index contributed by atoms with van der Waals surface area (Å²) in [5.74, 6) is 3.56. The van der Waals surface area contributed by atoms with Gasteiger partial charge in [-0.2, -0.15) is 0 Å². The minimum atomic E-state index is 0. The van der Waals surface area contributed by atoms with Crippen LogP contribution in [0.1, 0.15) is 45.1 Å². The Morgan fingerprint density at radius 3 is 2.70 bits per heavy atom. The molecule has 7 nitrogen and oxygen atoms in total. The SMILES string of the molecule is CCNC(=NCc1nccn1CC(C)C)NC1CCN(c2cccc(C)n2)CC1.I. The van der Waals surface area contributed by atoms with E-state index in [9.17, 15) is 0 Å². The van der Waals surface area contributed by atoms with Crippen molar-refractivity contribution in [1.29, 1.82) is 0 Å². The fourth-order valence-electron chi connectivity index (χ4n) is 3.67. The molecular formula is C22H36IN7. The van der Waals surface area contributed by atoms with Gasteiger partial charge in [-0.25, -0.2) is 15.0 Å². The third kappa shape index (κ3) is 7.14. The van der Waals surface area contributed by atoms with E-state index in [4.69, 9.17) is 4.99 Å². The maximum absolute atomic E-state index is 4.79. The molecule has 3 heterocycles. The highest BCUT2D eigenvalue weighted by Crippen LogP contribution is 2.18. The standard InChI is InChI=1S/C22H35N7.HI/c1-5-23-22(25-15-21-24-11-14-29(21)16-17(2)3)27-19-9-12-28(13-10-19)20-8-6-7-18(4)26-20;/h6-8,11,14,17,19H,5,9-10,12-13,15-16H2,1-4H3,(H2,23,25,27);1H. The van der Waals surface area contributed by atoms with E-state index in [1.54, 1.807) is 0 Å². The molecule has 1 fully saturated rings. The fraction of sp³-hybridized carbons (Fsp3) is 0.591. The number of pyridine rings is 1. The first-order valence-corrected chi connectivity index (χ1v) is 10.8. The molecule has 1 aliphatic rings. The van der Waals surface area contributed by atoms with E-state index in [1.807, 2.05) is 25.4 Å². The molecule has 2 N–H and O–H groups in total. The lowest BCUT2D eigenvalue weighted by Gasteiger charge is -2.34. The molecule has 0 aromatic carbocycles. The molecule has 0 bridgehead atoms. The van der Waals surface area contributed by atoms with Crippen molar-refractivity contribution in [3.63, 3.8) is 0 Å². The van der Waals surface area contributed by atoms with Crippen LogP contribution in [0.25, 0.3) is 0 Å². The van der Waals surface area contributed by atoms with E-state index in [1.165, 1.54) is 0 Å². The maximum Gasteiger partial charge on any atom is 0.191 e. The number of anilines is 1. The molecule has 0 radical (unpaired) electrons. The van der Waals surface area contributed by atoms with Crippen LogP contribution in [0.5, 0.6) is 0 Å². The normalized spacial score (nSPS) is 15.2. The number of aromatic nitrogens is 3. The lowest BCUT2D eigenvalue weighted by atomic mass is 10.1. The fourth-order valence-corrected chi connectivity index (χ4v) is 3.67. The highest BCUT2D eigenvalue weighted by atomic mass is 127. The van der Waals surface area contributed by atoms with Crippen LogP contribution in [0.2, 0.25) is 0 Å². The van der Waals surface area contributed by atoms with Gasteiger partial charge in [0.15, 0.2) is 5.96 Å². The van der Waals surface area contributed by atoms with Gasteiger partial charge in [-0.1, -0.05) is 19.9 Å². The van der Waals surface area contributed by atoms with E-state index >= 15 is 0 Å². The number of halogens is 1. The van der Waals surface area contributed by atoms with Gasteiger partial charge in [-0.05, 0) is 44.7 Å². The summed E-state index contributed by atoms with van der Waals surface area (Å²) in [6.45, 7) is 13.0. The topological polar surface area (TPSA) is 70.4 Å². The highest BCUT2D eigenvalue weighted by Gasteiger charge is 2.21. The third-order valence-corrected chi connectivity index (χ3v) is 5.12. The summed E-state index contributed by atoms with van der Waals surface area (Å²) in [4.78, 5) is 16.3. The second-order valence-electron chi connectivity index (χ2n) is 8.13. The van der Waals surface area contributed by atoms with Gasteiger partial charge in [-0.3, -0.25) is 0 Å². The molecule has 2 aromatic rings. The van der Waals surface area contributed by atoms with E-state index in [0.29, 0.717) is 18.5 Å². The molecule has 0 aliphatic carbocycles. The molecule has 0 amide bonds. The molecule has 0 unspecified atom stereocenters. The van der Waals surface area contributed by atoms with E-state index in [-0.39, 0.29) is 24.0 Å². The van der Waals surface area contributed by atoms with Crippen LogP contribution < -0.4 is 15.5 Å². The highest BCUT2D eigenvalue weighted by molar-refractivity contribution is 14.0. The van der Waals surface area contributed by atoms with Crippen molar-refractivity contribution in [2.45, 2.75) is 59.7 Å². The number of aryl methyl sites for hydroxylation is 1. The van der Waals surface area contributed by atoms with Gasteiger partial charge in [0, 0.05) is 50.3 Å². The van der Waals surface area contributed by atoms with Crippen LogP contribution >= 0.6 is 24.0 Å². The van der Waals surface area contributed by atoms with Crippen LogP contribution in [0.3, 0.4) is 0 Å². The molecule has 166 valence electrons. The lowest BCUT2D eigenvalue weighted by Crippen LogP contribution is -2.49. The molecule has 1 aliphatic heterocycles. The Hall–Kier alpha value is -1.84. The third-order valence-electron chi connectivity index (χ3n) is 5.12. The van der Waals surface area contributed by atoms with Crippen LogP contribution in [0.4, 0.5) is 5.82 Å². The number of rotatable bonds is 7. The Kier molecular flexibility index (Phi) is 9.87. The van der Waals surface area contributed by atoms with Gasteiger partial charge < -0.3 is 20.1 Å². The second-order valence-corrected chi connectivity index (χ2v) is 8.13. The molecule has 2 aromatic heterocycles. The average Bonchev–Trinajstić information content (AvgIpc) is 3.13. The summed E-state index contributed by atoms with van der Waals surface area (Å²) in [5.41, 5.74) is 1.07. The van der Waals surface area contributed by atoms with E-state index in [2.05, 4.69) is 63.0 Å². The number of guanidine groups is 1. The monoisotopic (exact) mass is 525 g/mol. The zero-order valence-electron chi connectivity index (χ0n) is 18.6. The first-order valence-electron chi connectivity index (χ1n) is 10.8. The van der Waals surface area contributed by atoms with Crippen LogP contribution in [0, 0.1) is 12.8 Å². The van der Waals surface area contributed by atoms with Crippen molar-refractivity contribution in [1.82, 2.24) is 25.2 Å². The summed E-state index contributed by atoms with van der Waals surface area (Å²) < 4.78 is 2.20. The molecule has 0 saturated carbocycles. The van der Waals surface area contributed by atoms with Crippen LogP contribution in [-0.4, -0.2) is 46.2 Å². The number of hydrogen-bond donors (Lipinski definition) is 2. The molecular weight excluding hydrogens is 489 g/mol. The van der Waals surface area contributed by atoms with Gasteiger partial charge in [0.1, 0.15) is 18.2 Å². The number of imidazole rings is 1. The summed E-state index contributed by atoms with van der Waals surface area (Å²) in [6, 6.07) is 6.65. The number of hydrogen-bond acceptors (Lipinski definition) is 4. The zero-order valence-corrected chi connectivity index (χ0v) is 21.0. The van der Waals surface area contributed by atoms with Crippen molar-refractivity contribution >= 4 is 35.8 Å². The van der Waals surface area contributed by atoms with Gasteiger partial charge in [-0.15, -0.1) is 24.0 Å². The van der Waals surface area contributed by atoms with Crippen molar-refractivity contribution in [2.24, 2.45) is 10.9 Å². The van der Waals surface area contributed by atoms with Crippen molar-refractivity contribution in [3.8, 4) is 0 Å². The predicted octanol–water partition coefficient (Wildman–Crippen LogP) is 3.58. The zero-order chi connectivity index (χ0) is 20.6. The van der Waals surface area contributed by atoms with Crippen molar-refractivity contribution < 1.29 is 0 Å². The molecule has 0 atom stereocenters. The Morgan fingerprint density at radius 2 is 2.03 bits per heavy atom. The summed E-state index contributed by atoms with van der Waals surface area (Å²) in [5, 5.41) is 7.00. The average molecular weight is 525 g/mol. The van der Waals surface area contributed by atoms with Crippen molar-refractivity contribution in [2.75, 3.05) is 24.5 Å². The Bertz CT molecular complexity index is 794. The van der Waals surface area contributed by atoms with Crippen LogP contribution in [0.15, 0.2) is 35.6 Å². The molecule has 0 spiro atoms. The first kappa shape index (κ1) is 24.4. The Labute approximate surface area is 197 Å².